The SMILES string of the molecule is COc1ccc(CN(C)C(=O)NCCCC2CCCC2)cc1. The van der Waals surface area contributed by atoms with E-state index < -0.39 is 0 Å². The van der Waals surface area contributed by atoms with Gasteiger partial charge in [-0.25, -0.2) is 4.79 Å². The molecule has 0 saturated heterocycles. The molecule has 4 nitrogen and oxygen atoms in total. The number of ether oxygens (including phenoxy) is 1. The number of urea groups is 1. The summed E-state index contributed by atoms with van der Waals surface area (Å²) in [6, 6.07) is 7.82. The minimum atomic E-state index is 0.00207. The van der Waals surface area contributed by atoms with Crippen molar-refractivity contribution in [1.29, 1.82) is 0 Å². The van der Waals surface area contributed by atoms with Crippen LogP contribution in [0.1, 0.15) is 44.1 Å². The molecule has 122 valence electrons. The fourth-order valence-electron chi connectivity index (χ4n) is 3.10. The average Bonchev–Trinajstić information content (AvgIpc) is 3.05. The topological polar surface area (TPSA) is 41.6 Å². The average molecular weight is 304 g/mol. The normalized spacial score (nSPS) is 14.8. The summed E-state index contributed by atoms with van der Waals surface area (Å²) in [7, 11) is 3.48. The van der Waals surface area contributed by atoms with Crippen molar-refractivity contribution in [1.82, 2.24) is 10.2 Å². The lowest BCUT2D eigenvalue weighted by Gasteiger charge is -2.18. The number of methoxy groups -OCH3 is 1. The van der Waals surface area contributed by atoms with Crippen molar-refractivity contribution in [3.63, 3.8) is 0 Å². The Labute approximate surface area is 133 Å². The molecule has 2 amide bonds. The van der Waals surface area contributed by atoms with Gasteiger partial charge in [0, 0.05) is 20.1 Å². The molecule has 0 aliphatic heterocycles. The fourth-order valence-corrected chi connectivity index (χ4v) is 3.10. The highest BCUT2D eigenvalue weighted by Crippen LogP contribution is 2.28. The standard InChI is InChI=1S/C18H28N2O2/c1-20(14-16-9-11-17(22-2)12-10-16)18(21)19-13-5-8-15-6-3-4-7-15/h9-12,15H,3-8,13-14H2,1-2H3,(H,19,21). The second kappa shape index (κ2) is 8.66. The summed E-state index contributed by atoms with van der Waals surface area (Å²) in [5.74, 6) is 1.73. The molecule has 0 spiro atoms. The lowest BCUT2D eigenvalue weighted by Crippen LogP contribution is -2.37. The number of rotatable bonds is 7. The van der Waals surface area contributed by atoms with Gasteiger partial charge < -0.3 is 15.0 Å². The summed E-state index contributed by atoms with van der Waals surface area (Å²) < 4.78 is 5.14. The Bertz CT molecular complexity index is 453. The molecule has 1 aromatic carbocycles. The van der Waals surface area contributed by atoms with Crippen molar-refractivity contribution < 1.29 is 9.53 Å². The van der Waals surface area contributed by atoms with Crippen LogP contribution in [0.25, 0.3) is 0 Å². The zero-order valence-corrected chi connectivity index (χ0v) is 13.8. The van der Waals surface area contributed by atoms with Crippen LogP contribution in [0.3, 0.4) is 0 Å². The number of carbonyl (C=O) groups is 1. The first-order valence-electron chi connectivity index (χ1n) is 8.31. The highest BCUT2D eigenvalue weighted by Gasteiger charge is 2.14. The number of nitrogens with one attached hydrogen (secondary N) is 1. The van der Waals surface area contributed by atoms with Gasteiger partial charge in [-0.3, -0.25) is 0 Å². The first-order chi connectivity index (χ1) is 10.7. The maximum Gasteiger partial charge on any atom is 0.317 e. The van der Waals surface area contributed by atoms with E-state index in [-0.39, 0.29) is 6.03 Å². The third kappa shape index (κ3) is 5.24. The van der Waals surface area contributed by atoms with Crippen LogP contribution in [0.2, 0.25) is 0 Å². The van der Waals surface area contributed by atoms with Crippen molar-refractivity contribution in [3.05, 3.63) is 29.8 Å². The van der Waals surface area contributed by atoms with Gasteiger partial charge in [-0.1, -0.05) is 37.8 Å². The molecule has 0 atom stereocenters. The summed E-state index contributed by atoms with van der Waals surface area (Å²) in [5, 5.41) is 3.01. The van der Waals surface area contributed by atoms with Crippen molar-refractivity contribution in [2.45, 2.75) is 45.1 Å². The maximum atomic E-state index is 12.1. The van der Waals surface area contributed by atoms with E-state index >= 15 is 0 Å². The van der Waals surface area contributed by atoms with Gasteiger partial charge in [-0.15, -0.1) is 0 Å². The Morgan fingerprint density at radius 3 is 2.59 bits per heavy atom. The quantitative estimate of drug-likeness (QED) is 0.778. The maximum absolute atomic E-state index is 12.1. The van der Waals surface area contributed by atoms with E-state index in [4.69, 9.17) is 4.74 Å². The van der Waals surface area contributed by atoms with Crippen LogP contribution in [0.5, 0.6) is 5.75 Å². The minimum absolute atomic E-state index is 0.00207. The zero-order chi connectivity index (χ0) is 15.8. The Hall–Kier alpha value is -1.71. The molecule has 1 aliphatic rings. The molecule has 22 heavy (non-hydrogen) atoms. The molecule has 0 heterocycles. The molecule has 1 fully saturated rings. The summed E-state index contributed by atoms with van der Waals surface area (Å²) >= 11 is 0. The third-order valence-electron chi connectivity index (χ3n) is 4.47. The summed E-state index contributed by atoms with van der Waals surface area (Å²) in [6.07, 6.45) is 7.88. The van der Waals surface area contributed by atoms with E-state index in [0.717, 1.165) is 30.2 Å². The number of benzene rings is 1. The van der Waals surface area contributed by atoms with Crippen molar-refractivity contribution in [2.24, 2.45) is 5.92 Å². The van der Waals surface area contributed by atoms with E-state index in [1.807, 2.05) is 31.3 Å². The largest absolute Gasteiger partial charge is 0.497 e. The van der Waals surface area contributed by atoms with Crippen LogP contribution in [-0.4, -0.2) is 31.6 Å². The van der Waals surface area contributed by atoms with Crippen molar-refractivity contribution >= 4 is 6.03 Å². The number of carbonyl (C=O) groups excluding carboxylic acids is 1. The second-order valence-electron chi connectivity index (χ2n) is 6.23. The van der Waals surface area contributed by atoms with Gasteiger partial charge in [0.1, 0.15) is 5.75 Å². The lowest BCUT2D eigenvalue weighted by atomic mass is 10.0. The second-order valence-corrected chi connectivity index (χ2v) is 6.23. The Balaban J connectivity index is 1.65. The minimum Gasteiger partial charge on any atom is -0.497 e. The molecule has 1 N–H and O–H groups in total. The monoisotopic (exact) mass is 304 g/mol. The Morgan fingerprint density at radius 1 is 1.27 bits per heavy atom. The Morgan fingerprint density at radius 2 is 1.95 bits per heavy atom. The van der Waals surface area contributed by atoms with Gasteiger partial charge in [0.2, 0.25) is 0 Å². The molecule has 4 heteroatoms. The summed E-state index contributed by atoms with van der Waals surface area (Å²) in [6.45, 7) is 1.39. The molecule has 1 saturated carbocycles. The molecule has 1 aromatic rings. The summed E-state index contributed by atoms with van der Waals surface area (Å²) in [4.78, 5) is 13.8. The van der Waals surface area contributed by atoms with Gasteiger partial charge in [0.25, 0.3) is 0 Å². The highest BCUT2D eigenvalue weighted by atomic mass is 16.5. The van der Waals surface area contributed by atoms with E-state index in [1.54, 1.807) is 12.0 Å². The number of hydrogen-bond donors (Lipinski definition) is 1. The first-order valence-corrected chi connectivity index (χ1v) is 8.31. The van der Waals surface area contributed by atoms with Gasteiger partial charge in [-0.2, -0.15) is 0 Å². The molecule has 0 aromatic heterocycles. The van der Waals surface area contributed by atoms with Crippen LogP contribution < -0.4 is 10.1 Å². The molecular formula is C18H28N2O2. The van der Waals surface area contributed by atoms with Crippen LogP contribution in [-0.2, 0) is 6.54 Å². The lowest BCUT2D eigenvalue weighted by molar-refractivity contribution is 0.206. The number of hydrogen-bond acceptors (Lipinski definition) is 2. The van der Waals surface area contributed by atoms with E-state index in [2.05, 4.69) is 5.32 Å². The molecule has 2 rings (SSSR count). The predicted molar refractivity (Wildman–Crippen MR) is 89.1 cm³/mol. The highest BCUT2D eigenvalue weighted by molar-refractivity contribution is 5.73. The first kappa shape index (κ1) is 16.7. The fraction of sp³-hybridized carbons (Fsp3) is 0.611. The smallest absolute Gasteiger partial charge is 0.317 e. The van der Waals surface area contributed by atoms with Crippen LogP contribution >= 0.6 is 0 Å². The Kier molecular flexibility index (Phi) is 6.56. The van der Waals surface area contributed by atoms with E-state index in [0.29, 0.717) is 6.54 Å². The third-order valence-corrected chi connectivity index (χ3v) is 4.47. The van der Waals surface area contributed by atoms with Gasteiger partial charge in [0.15, 0.2) is 0 Å². The molecular weight excluding hydrogens is 276 g/mol. The predicted octanol–water partition coefficient (Wildman–Crippen LogP) is 3.81. The molecule has 0 radical (unpaired) electrons. The van der Waals surface area contributed by atoms with E-state index in [1.165, 1.54) is 32.1 Å². The van der Waals surface area contributed by atoms with Gasteiger partial charge in [0.05, 0.1) is 7.11 Å². The van der Waals surface area contributed by atoms with Crippen LogP contribution in [0, 0.1) is 5.92 Å². The number of amides is 2. The van der Waals surface area contributed by atoms with Crippen molar-refractivity contribution in [2.75, 3.05) is 20.7 Å². The van der Waals surface area contributed by atoms with Gasteiger partial charge >= 0.3 is 6.03 Å². The van der Waals surface area contributed by atoms with E-state index in [9.17, 15) is 4.79 Å². The number of nitrogens with zero attached hydrogens (tertiary/aromatic N) is 1. The zero-order valence-electron chi connectivity index (χ0n) is 13.8. The molecule has 1 aliphatic carbocycles. The molecule has 0 unspecified atom stereocenters. The van der Waals surface area contributed by atoms with Crippen molar-refractivity contribution in [3.8, 4) is 5.75 Å². The van der Waals surface area contributed by atoms with Gasteiger partial charge in [-0.05, 0) is 36.5 Å². The summed E-state index contributed by atoms with van der Waals surface area (Å²) in [5.41, 5.74) is 1.10. The van der Waals surface area contributed by atoms with Crippen LogP contribution in [0.15, 0.2) is 24.3 Å². The molecule has 0 bridgehead atoms. The van der Waals surface area contributed by atoms with Crippen LogP contribution in [0.4, 0.5) is 4.79 Å².